The van der Waals surface area contributed by atoms with Crippen LogP contribution < -0.4 is 5.43 Å². The van der Waals surface area contributed by atoms with Crippen molar-refractivity contribution in [1.29, 1.82) is 0 Å². The summed E-state index contributed by atoms with van der Waals surface area (Å²) in [6.45, 7) is 0. The molecule has 2 N–H and O–H groups in total. The summed E-state index contributed by atoms with van der Waals surface area (Å²) in [5.41, 5.74) is 4.32. The van der Waals surface area contributed by atoms with E-state index in [-0.39, 0.29) is 5.75 Å². The number of anilines is 1. The summed E-state index contributed by atoms with van der Waals surface area (Å²) in [6.07, 6.45) is 3.15. The predicted octanol–water partition coefficient (Wildman–Crippen LogP) is 3.58. The van der Waals surface area contributed by atoms with Gasteiger partial charge in [-0.3, -0.25) is 5.43 Å². The van der Waals surface area contributed by atoms with E-state index in [1.807, 2.05) is 54.6 Å². The highest BCUT2D eigenvalue weighted by Crippen LogP contribution is 2.26. The van der Waals surface area contributed by atoms with Crippen LogP contribution in [0.15, 0.2) is 72.1 Å². The molecule has 0 spiro atoms. The lowest BCUT2D eigenvalue weighted by molar-refractivity contribution is 0.475. The van der Waals surface area contributed by atoms with Crippen molar-refractivity contribution in [3.05, 3.63) is 72.6 Å². The molecule has 7 nitrogen and oxygen atoms in total. The third kappa shape index (κ3) is 2.53. The first-order valence-corrected chi connectivity index (χ1v) is 8.40. The zero-order valence-corrected chi connectivity index (χ0v) is 14.1. The minimum absolute atomic E-state index is 0.173. The number of nitrogens with zero attached hydrogens (tertiary/aromatic N) is 5. The number of hydrazone groups is 1. The second-order valence-electron chi connectivity index (χ2n) is 6.08. The van der Waals surface area contributed by atoms with Crippen LogP contribution in [0.3, 0.4) is 0 Å². The number of rotatable bonds is 3. The predicted molar refractivity (Wildman–Crippen MR) is 105 cm³/mol. The van der Waals surface area contributed by atoms with Crippen LogP contribution in [0.25, 0.3) is 27.2 Å². The number of fused-ring (bicyclic) bond motifs is 4. The van der Waals surface area contributed by atoms with Gasteiger partial charge in [0.1, 0.15) is 12.1 Å². The molecule has 0 saturated heterocycles. The zero-order valence-electron chi connectivity index (χ0n) is 14.1. The molecule has 0 aliphatic carbocycles. The number of hydrogen-bond acceptors (Lipinski definition) is 6. The van der Waals surface area contributed by atoms with E-state index in [9.17, 15) is 5.11 Å². The molecule has 3 aromatic carbocycles. The van der Waals surface area contributed by atoms with E-state index < -0.39 is 0 Å². The summed E-state index contributed by atoms with van der Waals surface area (Å²) < 4.78 is 1.61. The summed E-state index contributed by atoms with van der Waals surface area (Å²) in [4.78, 5) is 0. The van der Waals surface area contributed by atoms with E-state index >= 15 is 0 Å². The third-order valence-corrected chi connectivity index (χ3v) is 4.47. The molecular weight excluding hydrogens is 340 g/mol. The van der Waals surface area contributed by atoms with Gasteiger partial charge < -0.3 is 5.11 Å². The Morgan fingerprint density at radius 2 is 1.70 bits per heavy atom. The number of phenolic OH excluding ortho intramolecular Hbond substituents is 1. The number of aromatic nitrogens is 4. The van der Waals surface area contributed by atoms with Crippen LogP contribution >= 0.6 is 0 Å². The molecular formula is C20H14N6O. The van der Waals surface area contributed by atoms with Crippen LogP contribution in [0.4, 0.5) is 5.82 Å². The first-order chi connectivity index (χ1) is 13.3. The molecule has 0 aliphatic rings. The fourth-order valence-electron chi connectivity index (χ4n) is 3.19. The van der Waals surface area contributed by atoms with Gasteiger partial charge in [-0.2, -0.15) is 9.62 Å². The molecule has 5 aromatic rings. The van der Waals surface area contributed by atoms with Gasteiger partial charge in [0, 0.05) is 16.3 Å². The van der Waals surface area contributed by atoms with E-state index in [1.54, 1.807) is 23.1 Å². The Hall–Kier alpha value is -4.00. The molecule has 0 saturated carbocycles. The molecule has 0 unspecified atom stereocenters. The van der Waals surface area contributed by atoms with Gasteiger partial charge in [0.05, 0.1) is 6.21 Å². The molecule has 0 radical (unpaired) electrons. The van der Waals surface area contributed by atoms with Crippen molar-refractivity contribution >= 4 is 39.2 Å². The average molecular weight is 354 g/mol. The topological polar surface area (TPSA) is 87.7 Å². The van der Waals surface area contributed by atoms with Crippen molar-refractivity contribution in [3.8, 4) is 5.75 Å². The highest BCUT2D eigenvalue weighted by atomic mass is 16.3. The van der Waals surface area contributed by atoms with Crippen LogP contribution in [-0.2, 0) is 0 Å². The Balaban J connectivity index is 1.58. The lowest BCUT2D eigenvalue weighted by atomic mass is 10.0. The molecule has 2 heterocycles. The fourth-order valence-corrected chi connectivity index (χ4v) is 3.19. The number of phenols is 1. The molecule has 130 valence electrons. The second-order valence-corrected chi connectivity index (χ2v) is 6.08. The van der Waals surface area contributed by atoms with Crippen molar-refractivity contribution in [2.24, 2.45) is 5.10 Å². The lowest BCUT2D eigenvalue weighted by Crippen LogP contribution is -2.00. The van der Waals surface area contributed by atoms with Crippen LogP contribution in [0.5, 0.6) is 5.75 Å². The number of benzene rings is 3. The van der Waals surface area contributed by atoms with Crippen molar-refractivity contribution in [1.82, 2.24) is 19.8 Å². The Labute approximate surface area is 153 Å². The Kier molecular flexibility index (Phi) is 3.43. The molecule has 27 heavy (non-hydrogen) atoms. The first kappa shape index (κ1) is 15.3. The van der Waals surface area contributed by atoms with Crippen molar-refractivity contribution in [2.45, 2.75) is 0 Å². The molecule has 0 bridgehead atoms. The van der Waals surface area contributed by atoms with Gasteiger partial charge in [-0.15, -0.1) is 15.3 Å². The largest absolute Gasteiger partial charge is 0.507 e. The van der Waals surface area contributed by atoms with Gasteiger partial charge in [0.15, 0.2) is 11.5 Å². The van der Waals surface area contributed by atoms with Crippen LogP contribution in [0, 0.1) is 0 Å². The van der Waals surface area contributed by atoms with Crippen molar-refractivity contribution in [3.63, 3.8) is 0 Å². The number of aromatic hydroxyl groups is 1. The summed E-state index contributed by atoms with van der Waals surface area (Å²) >= 11 is 0. The average Bonchev–Trinajstić information content (AvgIpc) is 3.18. The third-order valence-electron chi connectivity index (χ3n) is 4.47. The smallest absolute Gasteiger partial charge is 0.185 e. The maximum Gasteiger partial charge on any atom is 0.185 e. The van der Waals surface area contributed by atoms with Crippen LogP contribution in [0.2, 0.25) is 0 Å². The minimum atomic E-state index is 0.173. The lowest BCUT2D eigenvalue weighted by Gasteiger charge is -2.07. The quantitative estimate of drug-likeness (QED) is 0.382. The molecule has 0 aliphatic heterocycles. The van der Waals surface area contributed by atoms with Crippen molar-refractivity contribution in [2.75, 3.05) is 5.43 Å². The van der Waals surface area contributed by atoms with Gasteiger partial charge >= 0.3 is 0 Å². The Morgan fingerprint density at radius 3 is 2.59 bits per heavy atom. The van der Waals surface area contributed by atoms with E-state index in [0.717, 1.165) is 21.5 Å². The van der Waals surface area contributed by atoms with Crippen LogP contribution in [-0.4, -0.2) is 31.1 Å². The van der Waals surface area contributed by atoms with Gasteiger partial charge in [-0.1, -0.05) is 54.6 Å². The summed E-state index contributed by atoms with van der Waals surface area (Å²) in [5.74, 6) is 0.750. The van der Waals surface area contributed by atoms with E-state index in [4.69, 9.17) is 0 Å². The number of hydrogen-bond donors (Lipinski definition) is 2. The minimum Gasteiger partial charge on any atom is -0.507 e. The first-order valence-electron chi connectivity index (χ1n) is 8.40. The highest BCUT2D eigenvalue weighted by Gasteiger charge is 2.09. The van der Waals surface area contributed by atoms with E-state index in [1.165, 1.54) is 0 Å². The van der Waals surface area contributed by atoms with Gasteiger partial charge in [-0.25, -0.2) is 0 Å². The molecule has 0 atom stereocenters. The summed E-state index contributed by atoms with van der Waals surface area (Å²) in [5, 5.41) is 30.8. The van der Waals surface area contributed by atoms with Gasteiger partial charge in [0.25, 0.3) is 0 Å². The summed E-state index contributed by atoms with van der Waals surface area (Å²) in [7, 11) is 0. The molecule has 0 fully saturated rings. The molecule has 0 amide bonds. The maximum atomic E-state index is 10.2. The monoisotopic (exact) mass is 354 g/mol. The highest BCUT2D eigenvalue weighted by molar-refractivity contribution is 6.03. The van der Waals surface area contributed by atoms with E-state index in [0.29, 0.717) is 17.0 Å². The van der Waals surface area contributed by atoms with Crippen LogP contribution in [0.1, 0.15) is 5.56 Å². The standard InChI is InChI=1S/C20H14N6O/c27-18-10-9-13-5-1-2-6-14(13)17(18)11-21-23-19-15-7-3-4-8-16(15)20-24-22-12-26(20)25-19/h1-12,27H,(H,23,25). The Bertz CT molecular complexity index is 1320. The normalized spacial score (nSPS) is 11.7. The molecule has 7 heteroatoms. The SMILES string of the molecule is Oc1ccc2ccccc2c1C=NNc1nn2cnnc2c2ccccc12. The van der Waals surface area contributed by atoms with Gasteiger partial charge in [-0.05, 0) is 16.8 Å². The zero-order chi connectivity index (χ0) is 18.2. The molecule has 2 aromatic heterocycles. The number of nitrogens with one attached hydrogen (secondary N) is 1. The van der Waals surface area contributed by atoms with Gasteiger partial charge in [0.2, 0.25) is 0 Å². The Morgan fingerprint density at radius 1 is 0.926 bits per heavy atom. The second kappa shape index (κ2) is 6.06. The molecule has 5 rings (SSSR count). The maximum absolute atomic E-state index is 10.2. The van der Waals surface area contributed by atoms with E-state index in [2.05, 4.69) is 25.8 Å². The fraction of sp³-hybridized carbons (Fsp3) is 0. The summed E-state index contributed by atoms with van der Waals surface area (Å²) in [6, 6.07) is 19.2. The van der Waals surface area contributed by atoms with Crippen molar-refractivity contribution < 1.29 is 5.11 Å².